The van der Waals surface area contributed by atoms with E-state index < -0.39 is 0 Å². The van der Waals surface area contributed by atoms with Crippen molar-refractivity contribution in [3.05, 3.63) is 62.5 Å². The van der Waals surface area contributed by atoms with Gasteiger partial charge in [-0.3, -0.25) is 0 Å². The molecular weight excluding hydrogens is 345 g/mol. The highest BCUT2D eigenvalue weighted by atomic mass is 79.9. The first-order valence-corrected chi connectivity index (χ1v) is 7.62. The first-order chi connectivity index (χ1) is 9.10. The summed E-state index contributed by atoms with van der Waals surface area (Å²) in [5.41, 5.74) is 2.13. The van der Waals surface area contributed by atoms with Crippen molar-refractivity contribution in [2.75, 3.05) is 5.32 Å². The molecule has 0 aromatic heterocycles. The molecule has 1 N–H and O–H groups in total. The van der Waals surface area contributed by atoms with Crippen molar-refractivity contribution in [1.29, 1.82) is 0 Å². The van der Waals surface area contributed by atoms with Crippen molar-refractivity contribution in [3.8, 4) is 0 Å². The summed E-state index contributed by atoms with van der Waals surface area (Å²) >= 11 is 15.7. The molecule has 1 nitrogen and oxygen atoms in total. The minimum atomic E-state index is 0.166. The fourth-order valence-electron chi connectivity index (χ4n) is 1.96. The van der Waals surface area contributed by atoms with Crippen LogP contribution in [0.3, 0.4) is 0 Å². The molecule has 0 spiro atoms. The summed E-state index contributed by atoms with van der Waals surface area (Å²) in [6.45, 7) is 2.13. The molecule has 0 saturated carbocycles. The van der Waals surface area contributed by atoms with E-state index in [9.17, 15) is 0 Å². The van der Waals surface area contributed by atoms with Gasteiger partial charge in [0.15, 0.2) is 0 Å². The average Bonchev–Trinajstić information content (AvgIpc) is 2.37. The standard InChI is InChI=1S/C15H14BrCl2N/c1-2-15(13-7-6-11(17)9-14(13)18)19-12-5-3-4-10(16)8-12/h3-9,15,19H,2H2,1H3. The van der Waals surface area contributed by atoms with Crippen molar-refractivity contribution in [2.24, 2.45) is 0 Å². The van der Waals surface area contributed by atoms with E-state index in [0.29, 0.717) is 10.0 Å². The summed E-state index contributed by atoms with van der Waals surface area (Å²) in [7, 11) is 0. The van der Waals surface area contributed by atoms with Gasteiger partial charge in [-0.2, -0.15) is 0 Å². The van der Waals surface area contributed by atoms with Gasteiger partial charge < -0.3 is 5.32 Å². The zero-order chi connectivity index (χ0) is 13.8. The molecule has 0 radical (unpaired) electrons. The van der Waals surface area contributed by atoms with Gasteiger partial charge in [0.2, 0.25) is 0 Å². The van der Waals surface area contributed by atoms with E-state index in [-0.39, 0.29) is 6.04 Å². The molecule has 0 aliphatic heterocycles. The number of halogens is 3. The highest BCUT2D eigenvalue weighted by Gasteiger charge is 2.13. The van der Waals surface area contributed by atoms with Gasteiger partial charge in [-0.1, -0.05) is 58.2 Å². The first-order valence-electron chi connectivity index (χ1n) is 6.07. The van der Waals surface area contributed by atoms with Gasteiger partial charge in [0.05, 0.1) is 6.04 Å². The topological polar surface area (TPSA) is 12.0 Å². The van der Waals surface area contributed by atoms with Crippen LogP contribution >= 0.6 is 39.1 Å². The second-order valence-corrected chi connectivity index (χ2v) is 6.04. The SMILES string of the molecule is CCC(Nc1cccc(Br)c1)c1ccc(Cl)cc1Cl. The van der Waals surface area contributed by atoms with E-state index in [2.05, 4.69) is 28.2 Å². The molecule has 0 aliphatic carbocycles. The smallest absolute Gasteiger partial charge is 0.0525 e. The Kier molecular flexibility index (Phi) is 5.14. The molecular formula is C15H14BrCl2N. The Bertz CT molecular complexity index is 572. The molecule has 0 saturated heterocycles. The fourth-order valence-corrected chi connectivity index (χ4v) is 2.90. The third-order valence-corrected chi connectivity index (χ3v) is 3.97. The van der Waals surface area contributed by atoms with Crippen LogP contribution in [0.5, 0.6) is 0 Å². The van der Waals surface area contributed by atoms with Crippen molar-refractivity contribution >= 4 is 44.8 Å². The number of hydrogen-bond donors (Lipinski definition) is 1. The van der Waals surface area contributed by atoms with Crippen molar-refractivity contribution in [1.82, 2.24) is 0 Å². The molecule has 1 atom stereocenters. The molecule has 0 aliphatic rings. The van der Waals surface area contributed by atoms with Crippen LogP contribution < -0.4 is 5.32 Å². The lowest BCUT2D eigenvalue weighted by Crippen LogP contribution is -2.10. The Morgan fingerprint density at radius 3 is 2.58 bits per heavy atom. The molecule has 1 unspecified atom stereocenters. The Labute approximate surface area is 132 Å². The molecule has 0 fully saturated rings. The summed E-state index contributed by atoms with van der Waals surface area (Å²) in [5.74, 6) is 0. The van der Waals surface area contributed by atoms with Gasteiger partial charge in [0.25, 0.3) is 0 Å². The molecule has 0 amide bonds. The Morgan fingerprint density at radius 1 is 1.16 bits per heavy atom. The molecule has 2 aromatic rings. The predicted molar refractivity (Wildman–Crippen MR) is 87.3 cm³/mol. The van der Waals surface area contributed by atoms with Gasteiger partial charge in [-0.05, 0) is 42.3 Å². The second-order valence-electron chi connectivity index (χ2n) is 4.28. The minimum Gasteiger partial charge on any atom is -0.378 e. The van der Waals surface area contributed by atoms with Crippen LogP contribution in [-0.2, 0) is 0 Å². The zero-order valence-electron chi connectivity index (χ0n) is 10.5. The van der Waals surface area contributed by atoms with Crippen LogP contribution in [-0.4, -0.2) is 0 Å². The van der Waals surface area contributed by atoms with Crippen LogP contribution in [0.25, 0.3) is 0 Å². The van der Waals surface area contributed by atoms with Crippen molar-refractivity contribution in [3.63, 3.8) is 0 Å². The molecule has 0 heterocycles. The van der Waals surface area contributed by atoms with Gasteiger partial charge >= 0.3 is 0 Å². The molecule has 0 bridgehead atoms. The van der Waals surface area contributed by atoms with Crippen LogP contribution in [0.4, 0.5) is 5.69 Å². The second kappa shape index (κ2) is 6.65. The number of benzene rings is 2. The van der Waals surface area contributed by atoms with E-state index >= 15 is 0 Å². The maximum absolute atomic E-state index is 6.27. The predicted octanol–water partition coefficient (Wildman–Crippen LogP) is 6.32. The lowest BCUT2D eigenvalue weighted by molar-refractivity contribution is 0.749. The molecule has 100 valence electrons. The van der Waals surface area contributed by atoms with E-state index in [1.54, 1.807) is 6.07 Å². The quantitative estimate of drug-likeness (QED) is 0.674. The average molecular weight is 359 g/mol. The lowest BCUT2D eigenvalue weighted by atomic mass is 10.0. The zero-order valence-corrected chi connectivity index (χ0v) is 13.6. The normalized spacial score (nSPS) is 12.2. The fraction of sp³-hybridized carbons (Fsp3) is 0.200. The molecule has 2 rings (SSSR count). The lowest BCUT2D eigenvalue weighted by Gasteiger charge is -2.20. The summed E-state index contributed by atoms with van der Waals surface area (Å²) in [6, 6.07) is 13.9. The van der Waals surface area contributed by atoms with Crippen LogP contribution in [0, 0.1) is 0 Å². The minimum absolute atomic E-state index is 0.166. The van der Waals surface area contributed by atoms with Crippen molar-refractivity contribution in [2.45, 2.75) is 19.4 Å². The highest BCUT2D eigenvalue weighted by molar-refractivity contribution is 9.10. The van der Waals surface area contributed by atoms with Gasteiger partial charge in [-0.15, -0.1) is 0 Å². The van der Waals surface area contributed by atoms with E-state index in [4.69, 9.17) is 23.2 Å². The highest BCUT2D eigenvalue weighted by Crippen LogP contribution is 2.31. The number of anilines is 1. The maximum Gasteiger partial charge on any atom is 0.0525 e. The van der Waals surface area contributed by atoms with E-state index in [0.717, 1.165) is 22.1 Å². The van der Waals surface area contributed by atoms with Gasteiger partial charge in [0, 0.05) is 20.2 Å². The number of nitrogens with one attached hydrogen (secondary N) is 1. The number of hydrogen-bond acceptors (Lipinski definition) is 1. The molecule has 2 aromatic carbocycles. The molecule has 19 heavy (non-hydrogen) atoms. The van der Waals surface area contributed by atoms with Gasteiger partial charge in [0.1, 0.15) is 0 Å². The third-order valence-electron chi connectivity index (χ3n) is 2.91. The summed E-state index contributed by atoms with van der Waals surface area (Å²) in [4.78, 5) is 0. The Balaban J connectivity index is 2.25. The van der Waals surface area contributed by atoms with Crippen LogP contribution in [0.1, 0.15) is 24.9 Å². The summed E-state index contributed by atoms with van der Waals surface area (Å²) in [6.07, 6.45) is 0.938. The summed E-state index contributed by atoms with van der Waals surface area (Å²) < 4.78 is 1.05. The summed E-state index contributed by atoms with van der Waals surface area (Å²) in [5, 5.41) is 4.84. The largest absolute Gasteiger partial charge is 0.378 e. The third kappa shape index (κ3) is 3.88. The monoisotopic (exact) mass is 357 g/mol. The van der Waals surface area contributed by atoms with Crippen LogP contribution in [0.15, 0.2) is 46.9 Å². The number of rotatable bonds is 4. The molecule has 4 heteroatoms. The van der Waals surface area contributed by atoms with Crippen LogP contribution in [0.2, 0.25) is 10.0 Å². The maximum atomic E-state index is 6.27. The first kappa shape index (κ1) is 14.7. The van der Waals surface area contributed by atoms with E-state index in [1.165, 1.54) is 0 Å². The van der Waals surface area contributed by atoms with Gasteiger partial charge in [-0.25, -0.2) is 0 Å². The van der Waals surface area contributed by atoms with Crippen molar-refractivity contribution < 1.29 is 0 Å². The van der Waals surface area contributed by atoms with E-state index in [1.807, 2.05) is 36.4 Å². The Hall–Kier alpha value is -0.700. The Morgan fingerprint density at radius 2 is 1.95 bits per heavy atom.